The number of carbonyl (C=O) groups is 2. The molecule has 22 heavy (non-hydrogen) atoms. The number of rotatable bonds is 5. The van der Waals surface area contributed by atoms with Gasteiger partial charge in [-0.3, -0.25) is 9.59 Å². The van der Waals surface area contributed by atoms with Gasteiger partial charge in [0.15, 0.2) is 0 Å². The maximum Gasteiger partial charge on any atom is 0.217 e. The lowest BCUT2D eigenvalue weighted by atomic mass is 9.97. The van der Waals surface area contributed by atoms with Gasteiger partial charge in [-0.05, 0) is 12.8 Å². The van der Waals surface area contributed by atoms with Crippen molar-refractivity contribution in [3.05, 3.63) is 0 Å². The molecule has 1 aliphatic rings. The van der Waals surface area contributed by atoms with Gasteiger partial charge < -0.3 is 11.5 Å². The van der Waals surface area contributed by atoms with E-state index in [1.807, 2.05) is 0 Å². The molecule has 0 unspecified atom stereocenters. The summed E-state index contributed by atoms with van der Waals surface area (Å²) in [4.78, 5) is 20.3. The standard InChI is InChI=1S/C6H6Cl6.C6H12N2O2/c7-1-2(8)4(10)6(12)5(11)3(1)9;7-5(9)3-1-2-4-6(8)10/h1-6H;1-4H2,(H2,7,9)(H2,8,10). The van der Waals surface area contributed by atoms with Crippen LogP contribution in [0.15, 0.2) is 0 Å². The Labute approximate surface area is 160 Å². The molecule has 0 aliphatic heterocycles. The first-order chi connectivity index (χ1) is 10.1. The Morgan fingerprint density at radius 3 is 0.909 bits per heavy atom. The van der Waals surface area contributed by atoms with Gasteiger partial charge in [-0.2, -0.15) is 0 Å². The summed E-state index contributed by atoms with van der Waals surface area (Å²) in [5.41, 5.74) is 9.71. The molecule has 0 aromatic carbocycles. The van der Waals surface area contributed by atoms with Gasteiger partial charge >= 0.3 is 0 Å². The molecule has 0 radical (unpaired) electrons. The summed E-state index contributed by atoms with van der Waals surface area (Å²) >= 11 is 35.3. The topological polar surface area (TPSA) is 86.2 Å². The number of halogens is 6. The maximum atomic E-state index is 10.2. The van der Waals surface area contributed by atoms with E-state index in [1.165, 1.54) is 0 Å². The van der Waals surface area contributed by atoms with Crippen LogP contribution in [0.5, 0.6) is 0 Å². The van der Waals surface area contributed by atoms with Gasteiger partial charge in [-0.1, -0.05) is 0 Å². The molecule has 0 heterocycles. The molecular formula is C12H18Cl6N2O2. The summed E-state index contributed by atoms with van der Waals surface area (Å²) in [6.45, 7) is 0. The van der Waals surface area contributed by atoms with E-state index in [0.717, 1.165) is 0 Å². The molecule has 0 aromatic heterocycles. The minimum atomic E-state index is -0.437. The smallest absolute Gasteiger partial charge is 0.217 e. The predicted octanol–water partition coefficient (Wildman–Crippen LogP) is 3.16. The minimum Gasteiger partial charge on any atom is -0.370 e. The zero-order chi connectivity index (χ0) is 17.4. The quantitative estimate of drug-likeness (QED) is 0.514. The molecule has 4 nitrogen and oxygen atoms in total. The van der Waals surface area contributed by atoms with Crippen molar-refractivity contribution in [2.24, 2.45) is 11.5 Å². The van der Waals surface area contributed by atoms with E-state index in [0.29, 0.717) is 25.7 Å². The number of alkyl halides is 6. The highest BCUT2D eigenvalue weighted by atomic mass is 35.5. The third-order valence-corrected chi connectivity index (χ3v) is 6.95. The van der Waals surface area contributed by atoms with E-state index >= 15 is 0 Å². The van der Waals surface area contributed by atoms with Crippen LogP contribution in [0.3, 0.4) is 0 Å². The molecule has 1 saturated carbocycles. The van der Waals surface area contributed by atoms with Crippen LogP contribution in [0.4, 0.5) is 0 Å². The van der Waals surface area contributed by atoms with Crippen molar-refractivity contribution in [3.63, 3.8) is 0 Å². The minimum absolute atomic E-state index is 0.329. The molecule has 4 N–H and O–H groups in total. The number of primary amides is 2. The van der Waals surface area contributed by atoms with Gasteiger partial charge in [0.05, 0.1) is 32.3 Å². The fourth-order valence-electron chi connectivity index (χ4n) is 1.65. The van der Waals surface area contributed by atoms with Gasteiger partial charge in [0.25, 0.3) is 0 Å². The van der Waals surface area contributed by atoms with Crippen LogP contribution in [0.25, 0.3) is 0 Å². The predicted molar refractivity (Wildman–Crippen MR) is 94.7 cm³/mol. The second-order valence-electron chi connectivity index (χ2n) is 4.81. The monoisotopic (exact) mass is 432 g/mol. The summed E-state index contributed by atoms with van der Waals surface area (Å²) in [6, 6.07) is 0. The Bertz CT molecular complexity index is 299. The first-order valence-electron chi connectivity index (χ1n) is 6.50. The number of hydrogen-bond acceptors (Lipinski definition) is 2. The second-order valence-corrected chi connectivity index (χ2v) is 7.83. The third kappa shape index (κ3) is 7.98. The van der Waals surface area contributed by atoms with Crippen molar-refractivity contribution < 1.29 is 9.59 Å². The van der Waals surface area contributed by atoms with Crippen molar-refractivity contribution in [1.82, 2.24) is 0 Å². The summed E-state index contributed by atoms with van der Waals surface area (Å²) < 4.78 is 0. The maximum absolute atomic E-state index is 10.2. The zero-order valence-electron chi connectivity index (χ0n) is 11.5. The van der Waals surface area contributed by atoms with E-state index in [9.17, 15) is 9.59 Å². The Morgan fingerprint density at radius 2 is 0.773 bits per heavy atom. The lowest BCUT2D eigenvalue weighted by Crippen LogP contribution is -2.52. The van der Waals surface area contributed by atoms with Crippen molar-refractivity contribution in [3.8, 4) is 0 Å². The van der Waals surface area contributed by atoms with Gasteiger partial charge in [-0.25, -0.2) is 0 Å². The molecule has 130 valence electrons. The lowest BCUT2D eigenvalue weighted by Gasteiger charge is -2.37. The Kier molecular flexibility index (Phi) is 11.6. The van der Waals surface area contributed by atoms with Gasteiger partial charge in [0.1, 0.15) is 0 Å². The van der Waals surface area contributed by atoms with Crippen LogP contribution >= 0.6 is 69.6 Å². The molecule has 0 spiro atoms. The van der Waals surface area contributed by atoms with Gasteiger partial charge in [-0.15, -0.1) is 69.6 Å². The third-order valence-electron chi connectivity index (χ3n) is 2.92. The molecule has 0 saturated heterocycles. The summed E-state index contributed by atoms with van der Waals surface area (Å²) in [6.07, 6.45) is 1.98. The summed E-state index contributed by atoms with van der Waals surface area (Å²) in [5, 5.41) is -2.62. The molecule has 0 atom stereocenters. The first-order valence-corrected chi connectivity index (χ1v) is 9.12. The summed E-state index contributed by atoms with van der Waals surface area (Å²) in [5.74, 6) is -0.658. The van der Waals surface area contributed by atoms with Crippen molar-refractivity contribution in [2.75, 3.05) is 0 Å². The molecular weight excluding hydrogens is 417 g/mol. The summed E-state index contributed by atoms with van der Waals surface area (Å²) in [7, 11) is 0. The molecule has 1 fully saturated rings. The molecule has 2 amide bonds. The Morgan fingerprint density at radius 1 is 0.591 bits per heavy atom. The highest BCUT2D eigenvalue weighted by molar-refractivity contribution is 6.45. The fraction of sp³-hybridized carbons (Fsp3) is 0.833. The lowest BCUT2D eigenvalue weighted by molar-refractivity contribution is -0.119. The zero-order valence-corrected chi connectivity index (χ0v) is 16.1. The van der Waals surface area contributed by atoms with Crippen molar-refractivity contribution >= 4 is 81.4 Å². The first kappa shape index (κ1) is 22.7. The Hall–Kier alpha value is 0.680. The van der Waals surface area contributed by atoms with Crippen LogP contribution in [0.2, 0.25) is 0 Å². The Balaban J connectivity index is 0.000000409. The van der Waals surface area contributed by atoms with E-state index in [1.54, 1.807) is 0 Å². The van der Waals surface area contributed by atoms with Crippen LogP contribution in [0.1, 0.15) is 25.7 Å². The largest absolute Gasteiger partial charge is 0.370 e. The van der Waals surface area contributed by atoms with Crippen LogP contribution < -0.4 is 11.5 Å². The fourth-order valence-corrected chi connectivity index (χ4v) is 3.98. The highest BCUT2D eigenvalue weighted by Crippen LogP contribution is 2.39. The second kappa shape index (κ2) is 11.3. The highest BCUT2D eigenvalue weighted by Gasteiger charge is 2.46. The number of amides is 2. The average Bonchev–Trinajstić information content (AvgIpc) is 2.46. The number of nitrogens with two attached hydrogens (primary N) is 2. The van der Waals surface area contributed by atoms with Gasteiger partial charge in [0.2, 0.25) is 11.8 Å². The average molecular weight is 435 g/mol. The number of hydrogen-bond donors (Lipinski definition) is 2. The SMILES string of the molecule is ClC1C(Cl)C(Cl)C(Cl)C(Cl)C1Cl.NC(=O)CCCCC(N)=O. The van der Waals surface area contributed by atoms with Gasteiger partial charge in [0, 0.05) is 12.8 Å². The molecule has 0 bridgehead atoms. The van der Waals surface area contributed by atoms with Crippen molar-refractivity contribution in [2.45, 2.75) is 57.9 Å². The molecule has 1 rings (SSSR count). The van der Waals surface area contributed by atoms with E-state index in [2.05, 4.69) is 0 Å². The van der Waals surface area contributed by atoms with Crippen molar-refractivity contribution in [1.29, 1.82) is 0 Å². The normalized spacial score (nSPS) is 34.5. The van der Waals surface area contributed by atoms with E-state index in [4.69, 9.17) is 81.1 Å². The molecule has 10 heteroatoms. The number of carbonyl (C=O) groups excluding carboxylic acids is 2. The van der Waals surface area contributed by atoms with E-state index in [-0.39, 0.29) is 11.8 Å². The van der Waals surface area contributed by atoms with Crippen LogP contribution in [0, 0.1) is 0 Å². The van der Waals surface area contributed by atoms with Crippen LogP contribution in [-0.4, -0.2) is 44.1 Å². The number of unbranched alkanes of at least 4 members (excludes halogenated alkanes) is 1. The molecule has 0 aromatic rings. The van der Waals surface area contributed by atoms with Crippen LogP contribution in [-0.2, 0) is 9.59 Å². The molecule has 1 aliphatic carbocycles. The van der Waals surface area contributed by atoms with E-state index < -0.39 is 32.3 Å².